The van der Waals surface area contributed by atoms with Crippen molar-refractivity contribution in [3.63, 3.8) is 0 Å². The molecule has 2 saturated heterocycles. The molecule has 0 bridgehead atoms. The van der Waals surface area contributed by atoms with Crippen molar-refractivity contribution in [2.24, 2.45) is 0 Å². The summed E-state index contributed by atoms with van der Waals surface area (Å²) in [6.45, 7) is 4.82. The van der Waals surface area contributed by atoms with Gasteiger partial charge in [0.2, 0.25) is 17.7 Å². The maximum Gasteiger partial charge on any atom is 0.242 e. The minimum atomic E-state index is -0.130. The second kappa shape index (κ2) is 6.28. The summed E-state index contributed by atoms with van der Waals surface area (Å²) in [5.74, 6) is 2.43. The van der Waals surface area contributed by atoms with Crippen LogP contribution >= 0.6 is 11.8 Å². The van der Waals surface area contributed by atoms with Gasteiger partial charge in [-0.1, -0.05) is 19.0 Å². The second-order valence-electron chi connectivity index (χ2n) is 5.96. The molecule has 3 heterocycles. The van der Waals surface area contributed by atoms with Gasteiger partial charge in [0, 0.05) is 12.5 Å². The molecule has 1 aromatic rings. The van der Waals surface area contributed by atoms with Crippen molar-refractivity contribution >= 4 is 23.6 Å². The quantitative estimate of drug-likeness (QED) is 0.833. The van der Waals surface area contributed by atoms with Gasteiger partial charge in [-0.25, -0.2) is 0 Å². The Kier molecular flexibility index (Phi) is 4.37. The predicted octanol–water partition coefficient (Wildman–Crippen LogP) is 1.39. The van der Waals surface area contributed by atoms with Crippen molar-refractivity contribution in [1.82, 2.24) is 19.9 Å². The molecule has 7 nitrogen and oxygen atoms in total. The summed E-state index contributed by atoms with van der Waals surface area (Å²) in [4.78, 5) is 32.0. The topological polar surface area (TPSA) is 79.5 Å². The summed E-state index contributed by atoms with van der Waals surface area (Å²) in [7, 11) is 0. The first-order valence-electron chi connectivity index (χ1n) is 7.54. The zero-order chi connectivity index (χ0) is 15.7. The highest BCUT2D eigenvalue weighted by molar-refractivity contribution is 8.00. The molecule has 0 saturated carbocycles. The number of carbonyl (C=O) groups excluding carboxylic acids is 2. The Bertz CT molecular complexity index is 574. The molecule has 0 N–H and O–H groups in total. The van der Waals surface area contributed by atoms with Crippen molar-refractivity contribution in [1.29, 1.82) is 0 Å². The summed E-state index contributed by atoms with van der Waals surface area (Å²) in [6, 6.07) is -0.130. The van der Waals surface area contributed by atoms with E-state index in [4.69, 9.17) is 4.52 Å². The number of carbonyl (C=O) groups is 2. The fourth-order valence-corrected chi connectivity index (χ4v) is 3.65. The number of nitrogens with zero attached hydrogens (tertiary/aromatic N) is 4. The summed E-state index contributed by atoms with van der Waals surface area (Å²) in [5, 5.41) is 4.03. The van der Waals surface area contributed by atoms with Crippen LogP contribution in [0.25, 0.3) is 0 Å². The van der Waals surface area contributed by atoms with Gasteiger partial charge in [-0.15, -0.1) is 11.8 Å². The fraction of sp³-hybridized carbons (Fsp3) is 0.714. The molecule has 1 unspecified atom stereocenters. The lowest BCUT2D eigenvalue weighted by Gasteiger charge is -2.24. The first-order valence-corrected chi connectivity index (χ1v) is 8.70. The first kappa shape index (κ1) is 15.3. The van der Waals surface area contributed by atoms with Crippen LogP contribution in [0, 0.1) is 0 Å². The molecule has 22 heavy (non-hydrogen) atoms. The molecule has 1 aromatic heterocycles. The molecule has 0 aromatic carbocycles. The van der Waals surface area contributed by atoms with Gasteiger partial charge in [-0.05, 0) is 12.8 Å². The standard InChI is InChI=1S/C14H20N4O3S/c1-9(2)14-15-13(16-21-14)10-4-3-5-18(10)11(19)6-17-8-22-7-12(17)20/h9-10H,3-8H2,1-2H3. The van der Waals surface area contributed by atoms with Crippen LogP contribution in [0.1, 0.15) is 50.4 Å². The van der Waals surface area contributed by atoms with Crippen LogP contribution in [0.2, 0.25) is 0 Å². The van der Waals surface area contributed by atoms with Crippen LogP contribution in [0.3, 0.4) is 0 Å². The highest BCUT2D eigenvalue weighted by Crippen LogP contribution is 2.31. The van der Waals surface area contributed by atoms with Gasteiger partial charge in [-0.3, -0.25) is 9.59 Å². The zero-order valence-electron chi connectivity index (χ0n) is 12.8. The van der Waals surface area contributed by atoms with Gasteiger partial charge in [0.15, 0.2) is 5.82 Å². The van der Waals surface area contributed by atoms with E-state index in [1.807, 2.05) is 13.8 Å². The Morgan fingerprint density at radius 1 is 1.50 bits per heavy atom. The minimum absolute atomic E-state index is 0.0331. The third-order valence-corrected chi connectivity index (χ3v) is 4.92. The van der Waals surface area contributed by atoms with E-state index in [-0.39, 0.29) is 30.3 Å². The van der Waals surface area contributed by atoms with Gasteiger partial charge in [0.25, 0.3) is 0 Å². The highest BCUT2D eigenvalue weighted by atomic mass is 32.2. The molecule has 2 fully saturated rings. The van der Waals surface area contributed by atoms with Crippen molar-refractivity contribution in [3.8, 4) is 0 Å². The molecule has 1 atom stereocenters. The maximum atomic E-state index is 12.5. The van der Waals surface area contributed by atoms with Gasteiger partial charge < -0.3 is 14.3 Å². The van der Waals surface area contributed by atoms with Crippen molar-refractivity contribution in [2.45, 2.75) is 38.6 Å². The maximum absolute atomic E-state index is 12.5. The number of hydrogen-bond acceptors (Lipinski definition) is 6. The van der Waals surface area contributed by atoms with Crippen molar-refractivity contribution < 1.29 is 14.1 Å². The molecule has 8 heteroatoms. The number of rotatable bonds is 4. The average molecular weight is 324 g/mol. The summed E-state index contributed by atoms with van der Waals surface area (Å²) < 4.78 is 5.25. The van der Waals surface area contributed by atoms with E-state index in [9.17, 15) is 9.59 Å². The monoisotopic (exact) mass is 324 g/mol. The van der Waals surface area contributed by atoms with Crippen molar-refractivity contribution in [2.75, 3.05) is 24.7 Å². The van der Waals surface area contributed by atoms with Gasteiger partial charge in [0.1, 0.15) is 6.54 Å². The molecule has 3 rings (SSSR count). The van der Waals surface area contributed by atoms with Crippen LogP contribution in [0.4, 0.5) is 0 Å². The van der Waals surface area contributed by atoms with Crippen LogP contribution in [-0.4, -0.2) is 56.5 Å². The normalized spacial score (nSPS) is 22.1. The number of aromatic nitrogens is 2. The first-order chi connectivity index (χ1) is 10.6. The lowest BCUT2D eigenvalue weighted by molar-refractivity contribution is -0.138. The molecule has 2 aliphatic rings. The fourth-order valence-electron chi connectivity index (χ4n) is 2.75. The number of amides is 2. The number of thioether (sulfide) groups is 1. The van der Waals surface area contributed by atoms with E-state index < -0.39 is 0 Å². The van der Waals surface area contributed by atoms with Crippen LogP contribution in [0.5, 0.6) is 0 Å². The smallest absolute Gasteiger partial charge is 0.242 e. The highest BCUT2D eigenvalue weighted by Gasteiger charge is 2.35. The van der Waals surface area contributed by atoms with Gasteiger partial charge in [0.05, 0.1) is 17.7 Å². The van der Waals surface area contributed by atoms with Crippen LogP contribution < -0.4 is 0 Å². The Balaban J connectivity index is 1.69. The Labute approximate surface area is 133 Å². The Morgan fingerprint density at radius 3 is 2.95 bits per heavy atom. The van der Waals surface area contributed by atoms with Gasteiger partial charge >= 0.3 is 0 Å². The number of hydrogen-bond donors (Lipinski definition) is 0. The van der Waals surface area contributed by atoms with E-state index in [0.29, 0.717) is 29.9 Å². The lowest BCUT2D eigenvalue weighted by Crippen LogP contribution is -2.41. The molecule has 0 aliphatic carbocycles. The van der Waals surface area contributed by atoms with Gasteiger partial charge in [-0.2, -0.15) is 4.98 Å². The Morgan fingerprint density at radius 2 is 2.32 bits per heavy atom. The SMILES string of the molecule is CC(C)c1nc(C2CCCN2C(=O)CN2CSCC2=O)no1. The summed E-state index contributed by atoms with van der Waals surface area (Å²) in [6.07, 6.45) is 1.76. The van der Waals surface area contributed by atoms with E-state index in [1.54, 1.807) is 21.6 Å². The van der Waals surface area contributed by atoms with Crippen LogP contribution in [0.15, 0.2) is 4.52 Å². The van der Waals surface area contributed by atoms with E-state index in [1.165, 1.54) is 0 Å². The van der Waals surface area contributed by atoms with E-state index in [2.05, 4.69) is 10.1 Å². The second-order valence-corrected chi connectivity index (χ2v) is 6.92. The summed E-state index contributed by atoms with van der Waals surface area (Å²) >= 11 is 1.54. The number of likely N-dealkylation sites (tertiary alicyclic amines) is 1. The molecular formula is C14H20N4O3S. The molecule has 0 spiro atoms. The largest absolute Gasteiger partial charge is 0.339 e. The van der Waals surface area contributed by atoms with Crippen molar-refractivity contribution in [3.05, 3.63) is 11.7 Å². The Hall–Kier alpha value is -1.57. The average Bonchev–Trinajstić information content (AvgIpc) is 3.18. The molecule has 120 valence electrons. The van der Waals surface area contributed by atoms with E-state index >= 15 is 0 Å². The summed E-state index contributed by atoms with van der Waals surface area (Å²) in [5.41, 5.74) is 0. The third kappa shape index (κ3) is 2.97. The molecule has 0 radical (unpaired) electrons. The van der Waals surface area contributed by atoms with E-state index in [0.717, 1.165) is 12.8 Å². The molecule has 2 aliphatic heterocycles. The predicted molar refractivity (Wildman–Crippen MR) is 81.1 cm³/mol. The zero-order valence-corrected chi connectivity index (χ0v) is 13.6. The molecule has 2 amide bonds. The molecular weight excluding hydrogens is 304 g/mol. The third-order valence-electron chi connectivity index (χ3n) is 3.97. The lowest BCUT2D eigenvalue weighted by atomic mass is 10.2. The van der Waals surface area contributed by atoms with Crippen LogP contribution in [-0.2, 0) is 9.59 Å². The minimum Gasteiger partial charge on any atom is -0.339 e.